The maximum atomic E-state index is 12.7. The van der Waals surface area contributed by atoms with Crippen molar-refractivity contribution in [3.8, 4) is 0 Å². The molecule has 7 nitrogen and oxygen atoms in total. The van der Waals surface area contributed by atoms with Crippen molar-refractivity contribution in [3.63, 3.8) is 0 Å². The van der Waals surface area contributed by atoms with Gasteiger partial charge in [-0.05, 0) is 12.1 Å². The smallest absolute Gasteiger partial charge is 0.353 e. The summed E-state index contributed by atoms with van der Waals surface area (Å²) in [7, 11) is 0. The molecule has 106 valence electrons. The lowest BCUT2D eigenvalue weighted by molar-refractivity contribution is -0.146. The van der Waals surface area contributed by atoms with Gasteiger partial charge in [-0.1, -0.05) is 0 Å². The Morgan fingerprint density at radius 1 is 1.25 bits per heavy atom. The Hall–Kier alpha value is -2.39. The van der Waals surface area contributed by atoms with Crippen molar-refractivity contribution in [1.29, 1.82) is 0 Å². The Labute approximate surface area is 110 Å². The molecule has 2 aromatic heterocycles. The summed E-state index contributed by atoms with van der Waals surface area (Å²) in [5.41, 5.74) is 0.00235. The minimum absolute atomic E-state index is 0.00235. The molecule has 10 heteroatoms. The van der Waals surface area contributed by atoms with Crippen LogP contribution in [0.15, 0.2) is 12.1 Å². The van der Waals surface area contributed by atoms with Gasteiger partial charge in [0, 0.05) is 13.1 Å². The standard InChI is InChI=1S/C10H9F3N6O/c11-10(12,13)9-16-15-6-1-2-7(17-19(6)9)18-4-3-14-8(20)5-18/h1-2H,3-5H2,(H,14,20). The second-order valence-corrected chi connectivity index (χ2v) is 4.25. The highest BCUT2D eigenvalue weighted by atomic mass is 19.4. The van der Waals surface area contributed by atoms with Gasteiger partial charge >= 0.3 is 6.18 Å². The van der Waals surface area contributed by atoms with Gasteiger partial charge in [0.15, 0.2) is 5.65 Å². The predicted molar refractivity (Wildman–Crippen MR) is 61.0 cm³/mol. The molecule has 0 aromatic carbocycles. The Balaban J connectivity index is 2.03. The lowest BCUT2D eigenvalue weighted by atomic mass is 10.3. The molecule has 1 aliphatic heterocycles. The number of carbonyl (C=O) groups is 1. The minimum Gasteiger partial charge on any atom is -0.353 e. The van der Waals surface area contributed by atoms with Crippen LogP contribution in [0.1, 0.15) is 5.82 Å². The Kier molecular flexibility index (Phi) is 2.73. The minimum atomic E-state index is -4.63. The molecule has 0 unspecified atom stereocenters. The molecule has 1 N–H and O–H groups in total. The number of aromatic nitrogens is 4. The Bertz CT molecular complexity index is 667. The van der Waals surface area contributed by atoms with Gasteiger partial charge in [-0.15, -0.1) is 15.3 Å². The number of fused-ring (bicyclic) bond motifs is 1. The summed E-state index contributed by atoms with van der Waals surface area (Å²) in [4.78, 5) is 12.9. The van der Waals surface area contributed by atoms with E-state index in [0.29, 0.717) is 17.6 Å². The van der Waals surface area contributed by atoms with Crippen LogP contribution in [0.25, 0.3) is 5.65 Å². The van der Waals surface area contributed by atoms with Crippen molar-refractivity contribution in [1.82, 2.24) is 25.1 Å². The molecule has 0 bridgehead atoms. The third-order valence-electron chi connectivity index (χ3n) is 2.86. The number of halogens is 3. The number of amides is 1. The molecule has 0 aliphatic carbocycles. The molecule has 1 aliphatic rings. The first-order valence-electron chi connectivity index (χ1n) is 5.76. The average Bonchev–Trinajstić information content (AvgIpc) is 2.81. The van der Waals surface area contributed by atoms with Crippen molar-refractivity contribution in [2.45, 2.75) is 6.18 Å². The monoisotopic (exact) mass is 286 g/mol. The van der Waals surface area contributed by atoms with E-state index in [1.165, 1.54) is 12.1 Å². The van der Waals surface area contributed by atoms with E-state index in [1.807, 2.05) is 0 Å². The second-order valence-electron chi connectivity index (χ2n) is 4.25. The molecule has 0 atom stereocenters. The van der Waals surface area contributed by atoms with Crippen molar-refractivity contribution >= 4 is 17.4 Å². The van der Waals surface area contributed by atoms with Crippen molar-refractivity contribution in [3.05, 3.63) is 18.0 Å². The number of rotatable bonds is 1. The zero-order valence-corrected chi connectivity index (χ0v) is 10.1. The first-order chi connectivity index (χ1) is 9.45. The summed E-state index contributed by atoms with van der Waals surface area (Å²) in [5.74, 6) is -1.11. The highest BCUT2D eigenvalue weighted by Crippen LogP contribution is 2.27. The molecule has 3 rings (SSSR count). The highest BCUT2D eigenvalue weighted by Gasteiger charge is 2.37. The normalized spacial score (nSPS) is 16.6. The van der Waals surface area contributed by atoms with E-state index in [1.54, 1.807) is 4.90 Å². The first kappa shape index (κ1) is 12.6. The largest absolute Gasteiger partial charge is 0.453 e. The van der Waals surface area contributed by atoms with Crippen molar-refractivity contribution in [2.75, 3.05) is 24.5 Å². The van der Waals surface area contributed by atoms with Crippen LogP contribution in [0.5, 0.6) is 0 Å². The van der Waals surface area contributed by atoms with E-state index < -0.39 is 12.0 Å². The number of nitrogens with zero attached hydrogens (tertiary/aromatic N) is 5. The van der Waals surface area contributed by atoms with E-state index in [-0.39, 0.29) is 23.9 Å². The molecule has 0 spiro atoms. The number of hydrogen-bond donors (Lipinski definition) is 1. The summed E-state index contributed by atoms with van der Waals surface area (Å²) in [5, 5.41) is 13.0. The Morgan fingerprint density at radius 2 is 2.05 bits per heavy atom. The van der Waals surface area contributed by atoms with Gasteiger partial charge in [0.25, 0.3) is 5.82 Å². The highest BCUT2D eigenvalue weighted by molar-refractivity contribution is 5.82. The lowest BCUT2D eigenvalue weighted by Crippen LogP contribution is -2.48. The molecular weight excluding hydrogens is 277 g/mol. The summed E-state index contributed by atoms with van der Waals surface area (Å²) in [6.07, 6.45) is -4.63. The van der Waals surface area contributed by atoms with E-state index in [4.69, 9.17) is 0 Å². The molecule has 0 saturated carbocycles. The fourth-order valence-corrected chi connectivity index (χ4v) is 1.96. The fourth-order valence-electron chi connectivity index (χ4n) is 1.96. The quantitative estimate of drug-likeness (QED) is 0.803. The van der Waals surface area contributed by atoms with E-state index in [2.05, 4.69) is 20.6 Å². The summed E-state index contributed by atoms with van der Waals surface area (Å²) < 4.78 is 38.9. The molecule has 2 aromatic rings. The van der Waals surface area contributed by atoms with Gasteiger partial charge in [-0.2, -0.15) is 17.7 Å². The summed E-state index contributed by atoms with van der Waals surface area (Å²) >= 11 is 0. The van der Waals surface area contributed by atoms with Crippen LogP contribution in [-0.2, 0) is 11.0 Å². The van der Waals surface area contributed by atoms with E-state index >= 15 is 0 Å². The molecule has 0 radical (unpaired) electrons. The number of hydrogen-bond acceptors (Lipinski definition) is 5. The summed E-state index contributed by atoms with van der Waals surface area (Å²) in [6, 6.07) is 2.90. The van der Waals surface area contributed by atoms with Gasteiger partial charge < -0.3 is 10.2 Å². The maximum Gasteiger partial charge on any atom is 0.453 e. The van der Waals surface area contributed by atoms with E-state index in [9.17, 15) is 18.0 Å². The van der Waals surface area contributed by atoms with E-state index in [0.717, 1.165) is 0 Å². The molecule has 1 amide bonds. The number of piperazine rings is 1. The zero-order chi connectivity index (χ0) is 14.3. The van der Waals surface area contributed by atoms with Crippen LogP contribution in [0.4, 0.5) is 19.0 Å². The lowest BCUT2D eigenvalue weighted by Gasteiger charge is -2.27. The predicted octanol–water partition coefficient (Wildman–Crippen LogP) is 0.0793. The van der Waals surface area contributed by atoms with Gasteiger partial charge in [-0.3, -0.25) is 4.79 Å². The number of anilines is 1. The molecule has 3 heterocycles. The van der Waals surface area contributed by atoms with Gasteiger partial charge in [-0.25, -0.2) is 0 Å². The van der Waals surface area contributed by atoms with Crippen molar-refractivity contribution < 1.29 is 18.0 Å². The number of alkyl halides is 3. The second kappa shape index (κ2) is 4.32. The number of nitrogens with one attached hydrogen (secondary N) is 1. The van der Waals surface area contributed by atoms with Gasteiger partial charge in [0.1, 0.15) is 5.82 Å². The third-order valence-corrected chi connectivity index (χ3v) is 2.86. The zero-order valence-electron chi connectivity index (χ0n) is 10.1. The third kappa shape index (κ3) is 2.12. The molecular formula is C10H9F3N6O. The molecule has 20 heavy (non-hydrogen) atoms. The molecule has 1 fully saturated rings. The van der Waals surface area contributed by atoms with Crippen LogP contribution in [0.2, 0.25) is 0 Å². The SMILES string of the molecule is O=C1CN(c2ccc3nnc(C(F)(F)F)n3n2)CCN1. The maximum absolute atomic E-state index is 12.7. The first-order valence-corrected chi connectivity index (χ1v) is 5.76. The van der Waals surface area contributed by atoms with Crippen molar-refractivity contribution in [2.24, 2.45) is 0 Å². The molecule has 1 saturated heterocycles. The van der Waals surface area contributed by atoms with Crippen LogP contribution in [-0.4, -0.2) is 45.4 Å². The average molecular weight is 286 g/mol. The van der Waals surface area contributed by atoms with Gasteiger partial charge in [0.05, 0.1) is 6.54 Å². The summed E-state index contributed by atoms with van der Waals surface area (Å²) in [6.45, 7) is 0.961. The van der Waals surface area contributed by atoms with Gasteiger partial charge in [0.2, 0.25) is 5.91 Å². The van der Waals surface area contributed by atoms with Crippen LogP contribution in [0, 0.1) is 0 Å². The van der Waals surface area contributed by atoms with Crippen LogP contribution < -0.4 is 10.2 Å². The number of carbonyl (C=O) groups excluding carboxylic acids is 1. The fraction of sp³-hybridized carbons (Fsp3) is 0.400. The van der Waals surface area contributed by atoms with Crippen LogP contribution >= 0.6 is 0 Å². The van der Waals surface area contributed by atoms with Crippen LogP contribution in [0.3, 0.4) is 0 Å². The Morgan fingerprint density at radius 3 is 2.75 bits per heavy atom. The topological polar surface area (TPSA) is 75.4 Å².